The van der Waals surface area contributed by atoms with Crippen LogP contribution >= 0.6 is 0 Å². The Morgan fingerprint density at radius 3 is 2.71 bits per heavy atom. The number of nitrogens with zero attached hydrogens (tertiary/aromatic N) is 1. The van der Waals surface area contributed by atoms with Crippen molar-refractivity contribution in [3.63, 3.8) is 0 Å². The molecule has 0 saturated carbocycles. The summed E-state index contributed by atoms with van der Waals surface area (Å²) in [4.78, 5) is 2.39. The first-order valence-corrected chi connectivity index (χ1v) is 8.21. The molecule has 0 heterocycles. The minimum atomic E-state index is 0.810. The molecule has 0 saturated heterocycles. The van der Waals surface area contributed by atoms with Crippen LogP contribution in [0, 0.1) is 5.92 Å². The quantitative estimate of drug-likeness (QED) is 0.676. The molecule has 0 aromatic heterocycles. The molecule has 0 amide bonds. The fourth-order valence-corrected chi connectivity index (χ4v) is 2.89. The van der Waals surface area contributed by atoms with Gasteiger partial charge in [-0.3, -0.25) is 0 Å². The molecule has 0 aliphatic carbocycles. The van der Waals surface area contributed by atoms with Crippen molar-refractivity contribution < 1.29 is 4.74 Å². The minimum Gasteiger partial charge on any atom is -0.497 e. The molecular formula is C18H32N2O. The highest BCUT2D eigenvalue weighted by molar-refractivity contribution is 5.28. The number of methoxy groups -OCH3 is 1. The molecule has 0 aliphatic heterocycles. The van der Waals surface area contributed by atoms with Gasteiger partial charge >= 0.3 is 0 Å². The molecule has 1 aromatic carbocycles. The smallest absolute Gasteiger partial charge is 0.119 e. The van der Waals surface area contributed by atoms with Gasteiger partial charge in [0.1, 0.15) is 5.75 Å². The third-order valence-corrected chi connectivity index (χ3v) is 4.01. The normalized spacial score (nSPS) is 12.6. The van der Waals surface area contributed by atoms with Crippen LogP contribution in [0.3, 0.4) is 0 Å². The van der Waals surface area contributed by atoms with Gasteiger partial charge in [0, 0.05) is 6.54 Å². The lowest BCUT2D eigenvalue weighted by Gasteiger charge is -2.20. The maximum atomic E-state index is 5.70. The number of hydrogen-bond acceptors (Lipinski definition) is 3. The van der Waals surface area contributed by atoms with E-state index in [1.165, 1.54) is 37.7 Å². The first-order valence-electron chi connectivity index (χ1n) is 8.21. The van der Waals surface area contributed by atoms with Gasteiger partial charge in [-0.15, -0.1) is 0 Å². The van der Waals surface area contributed by atoms with Crippen molar-refractivity contribution in [2.45, 2.75) is 45.6 Å². The fourth-order valence-electron chi connectivity index (χ4n) is 2.89. The van der Waals surface area contributed by atoms with Gasteiger partial charge in [-0.25, -0.2) is 0 Å². The Hall–Kier alpha value is -1.06. The summed E-state index contributed by atoms with van der Waals surface area (Å²) >= 11 is 0. The molecule has 1 aromatic rings. The van der Waals surface area contributed by atoms with Gasteiger partial charge in [0.25, 0.3) is 0 Å². The van der Waals surface area contributed by atoms with Crippen LogP contribution in [0.5, 0.6) is 5.75 Å². The second-order valence-electron chi connectivity index (χ2n) is 5.96. The Balaban J connectivity index is 2.31. The summed E-state index contributed by atoms with van der Waals surface area (Å²) in [6, 6.07) is 8.32. The van der Waals surface area contributed by atoms with E-state index in [0.29, 0.717) is 0 Å². The lowest BCUT2D eigenvalue weighted by atomic mass is 9.94. The Bertz CT molecular complexity index is 375. The molecule has 1 rings (SSSR count). The summed E-state index contributed by atoms with van der Waals surface area (Å²) in [6.07, 6.45) is 6.31. The van der Waals surface area contributed by atoms with Crippen LogP contribution < -0.4 is 10.5 Å². The van der Waals surface area contributed by atoms with Crippen LogP contribution in [-0.2, 0) is 6.54 Å². The number of ether oxygens (including phenoxy) is 1. The minimum absolute atomic E-state index is 0.810. The Morgan fingerprint density at radius 1 is 1.24 bits per heavy atom. The SMILES string of the molecule is CCCC(CCN)CCCN(C)Cc1cccc(OC)c1. The van der Waals surface area contributed by atoms with Gasteiger partial charge in [0.15, 0.2) is 0 Å². The number of rotatable bonds is 11. The summed E-state index contributed by atoms with van der Waals surface area (Å²) in [6.45, 7) is 5.21. The standard InChI is InChI=1S/C18H32N2O/c1-4-7-16(11-12-19)9-6-13-20(2)15-17-8-5-10-18(14-17)21-3/h5,8,10,14,16H,4,6-7,9,11-13,15,19H2,1-3H3. The van der Waals surface area contributed by atoms with Gasteiger partial charge in [-0.05, 0) is 63.0 Å². The maximum Gasteiger partial charge on any atom is 0.119 e. The monoisotopic (exact) mass is 292 g/mol. The molecule has 1 unspecified atom stereocenters. The van der Waals surface area contributed by atoms with E-state index < -0.39 is 0 Å². The van der Waals surface area contributed by atoms with Crippen molar-refractivity contribution in [1.29, 1.82) is 0 Å². The van der Waals surface area contributed by atoms with Crippen LogP contribution in [0.25, 0.3) is 0 Å². The third kappa shape index (κ3) is 7.49. The number of nitrogens with two attached hydrogens (primary N) is 1. The van der Waals surface area contributed by atoms with E-state index in [1.807, 2.05) is 6.07 Å². The zero-order valence-electron chi connectivity index (χ0n) is 14.0. The average molecular weight is 292 g/mol. The highest BCUT2D eigenvalue weighted by atomic mass is 16.5. The van der Waals surface area contributed by atoms with E-state index in [4.69, 9.17) is 10.5 Å². The van der Waals surface area contributed by atoms with Crippen molar-refractivity contribution in [2.24, 2.45) is 11.7 Å². The van der Waals surface area contributed by atoms with Crippen LogP contribution in [-0.4, -0.2) is 32.1 Å². The van der Waals surface area contributed by atoms with Crippen molar-refractivity contribution in [3.8, 4) is 5.75 Å². The molecule has 21 heavy (non-hydrogen) atoms. The molecule has 0 bridgehead atoms. The van der Waals surface area contributed by atoms with Crippen molar-refractivity contribution in [1.82, 2.24) is 4.90 Å². The summed E-state index contributed by atoms with van der Waals surface area (Å²) < 4.78 is 5.27. The van der Waals surface area contributed by atoms with E-state index in [1.54, 1.807) is 7.11 Å². The van der Waals surface area contributed by atoms with Gasteiger partial charge < -0.3 is 15.4 Å². The molecule has 1 atom stereocenters. The molecule has 120 valence electrons. The van der Waals surface area contributed by atoms with Crippen LogP contribution in [0.4, 0.5) is 0 Å². The van der Waals surface area contributed by atoms with Crippen LogP contribution in [0.2, 0.25) is 0 Å². The summed E-state index contributed by atoms with van der Waals surface area (Å²) in [5, 5.41) is 0. The molecule has 2 N–H and O–H groups in total. The van der Waals surface area contributed by atoms with Gasteiger partial charge in [-0.2, -0.15) is 0 Å². The van der Waals surface area contributed by atoms with E-state index >= 15 is 0 Å². The average Bonchev–Trinajstić information content (AvgIpc) is 2.48. The Morgan fingerprint density at radius 2 is 2.05 bits per heavy atom. The zero-order chi connectivity index (χ0) is 15.5. The molecule has 0 spiro atoms. The van der Waals surface area contributed by atoms with E-state index in [0.717, 1.165) is 31.3 Å². The van der Waals surface area contributed by atoms with Crippen LogP contribution in [0.1, 0.15) is 44.6 Å². The first-order chi connectivity index (χ1) is 10.2. The van der Waals surface area contributed by atoms with Crippen molar-refractivity contribution in [3.05, 3.63) is 29.8 Å². The number of hydrogen-bond donors (Lipinski definition) is 1. The topological polar surface area (TPSA) is 38.5 Å². The largest absolute Gasteiger partial charge is 0.497 e. The van der Waals surface area contributed by atoms with E-state index in [2.05, 4.69) is 37.1 Å². The Labute approximate surface area is 130 Å². The van der Waals surface area contributed by atoms with Crippen LogP contribution in [0.15, 0.2) is 24.3 Å². The predicted octanol–water partition coefficient (Wildman–Crippen LogP) is 3.67. The van der Waals surface area contributed by atoms with Crippen molar-refractivity contribution >= 4 is 0 Å². The molecule has 3 heteroatoms. The molecule has 3 nitrogen and oxygen atoms in total. The predicted molar refractivity (Wildman–Crippen MR) is 90.6 cm³/mol. The summed E-state index contributed by atoms with van der Waals surface area (Å²) in [5.41, 5.74) is 7.01. The van der Waals surface area contributed by atoms with Gasteiger partial charge in [0.05, 0.1) is 7.11 Å². The summed E-state index contributed by atoms with van der Waals surface area (Å²) in [5.74, 6) is 1.75. The second-order valence-corrected chi connectivity index (χ2v) is 5.96. The highest BCUT2D eigenvalue weighted by Crippen LogP contribution is 2.18. The van der Waals surface area contributed by atoms with E-state index in [9.17, 15) is 0 Å². The lowest BCUT2D eigenvalue weighted by Crippen LogP contribution is -2.20. The lowest BCUT2D eigenvalue weighted by molar-refractivity contribution is 0.297. The molecule has 0 aliphatic rings. The van der Waals surface area contributed by atoms with Gasteiger partial charge in [0.2, 0.25) is 0 Å². The molecule has 0 fully saturated rings. The maximum absolute atomic E-state index is 5.70. The molecular weight excluding hydrogens is 260 g/mol. The highest BCUT2D eigenvalue weighted by Gasteiger charge is 2.08. The zero-order valence-corrected chi connectivity index (χ0v) is 14.0. The van der Waals surface area contributed by atoms with Crippen molar-refractivity contribution in [2.75, 3.05) is 27.2 Å². The fraction of sp³-hybridized carbons (Fsp3) is 0.667. The summed E-state index contributed by atoms with van der Waals surface area (Å²) in [7, 11) is 3.91. The second kappa shape index (κ2) is 10.6. The number of benzene rings is 1. The van der Waals surface area contributed by atoms with E-state index in [-0.39, 0.29) is 0 Å². The van der Waals surface area contributed by atoms with Gasteiger partial charge in [-0.1, -0.05) is 31.9 Å². The first kappa shape index (κ1) is 18.0. The Kier molecular flexibility index (Phi) is 9.11. The third-order valence-electron chi connectivity index (χ3n) is 4.01. The molecule has 0 radical (unpaired) electrons.